The summed E-state index contributed by atoms with van der Waals surface area (Å²) in [5, 5.41) is 0. The highest BCUT2D eigenvalue weighted by molar-refractivity contribution is 9.10. The number of rotatable bonds is 1. The molecular weight excluding hydrogens is 242 g/mol. The Kier molecular flexibility index (Phi) is 2.59. The van der Waals surface area contributed by atoms with Crippen LogP contribution in [0.4, 0.5) is 0 Å². The van der Waals surface area contributed by atoms with Crippen molar-refractivity contribution in [1.82, 2.24) is 4.90 Å². The second kappa shape index (κ2) is 3.73. The smallest absolute Gasteiger partial charge is 0.255 e. The standard InChI is InChI=1S/C11H12BrNO/c1-8-3-4-10(12)9(7-8)11(14)13-5-2-6-13/h3-4,7H,2,5-6H2,1H3. The zero-order valence-corrected chi connectivity index (χ0v) is 9.67. The highest BCUT2D eigenvalue weighted by Crippen LogP contribution is 2.21. The second-order valence-corrected chi connectivity index (χ2v) is 4.48. The topological polar surface area (TPSA) is 20.3 Å². The highest BCUT2D eigenvalue weighted by Gasteiger charge is 2.22. The van der Waals surface area contributed by atoms with Crippen LogP contribution in [0.15, 0.2) is 22.7 Å². The van der Waals surface area contributed by atoms with Gasteiger partial charge in [-0.3, -0.25) is 4.79 Å². The Hall–Kier alpha value is -0.830. The minimum Gasteiger partial charge on any atom is -0.338 e. The molecule has 1 fully saturated rings. The van der Waals surface area contributed by atoms with Crippen molar-refractivity contribution in [2.45, 2.75) is 13.3 Å². The molecule has 1 saturated heterocycles. The summed E-state index contributed by atoms with van der Waals surface area (Å²) in [6.45, 7) is 3.80. The number of benzene rings is 1. The van der Waals surface area contributed by atoms with E-state index in [9.17, 15) is 4.79 Å². The molecule has 0 unspecified atom stereocenters. The van der Waals surface area contributed by atoms with E-state index in [1.165, 1.54) is 0 Å². The molecule has 2 nitrogen and oxygen atoms in total. The number of amides is 1. The lowest BCUT2D eigenvalue weighted by atomic mass is 10.1. The second-order valence-electron chi connectivity index (χ2n) is 3.63. The van der Waals surface area contributed by atoms with Gasteiger partial charge in [0.2, 0.25) is 0 Å². The number of carbonyl (C=O) groups excluding carboxylic acids is 1. The number of hydrogen-bond acceptors (Lipinski definition) is 1. The number of aryl methyl sites for hydroxylation is 1. The zero-order chi connectivity index (χ0) is 10.1. The molecule has 0 aromatic heterocycles. The van der Waals surface area contributed by atoms with Crippen molar-refractivity contribution >= 4 is 21.8 Å². The van der Waals surface area contributed by atoms with Gasteiger partial charge >= 0.3 is 0 Å². The van der Waals surface area contributed by atoms with Crippen LogP contribution in [-0.2, 0) is 0 Å². The maximum absolute atomic E-state index is 11.9. The molecule has 1 amide bonds. The Morgan fingerprint density at radius 3 is 2.71 bits per heavy atom. The quantitative estimate of drug-likeness (QED) is 0.754. The van der Waals surface area contributed by atoms with E-state index in [1.54, 1.807) is 0 Å². The first-order valence-corrected chi connectivity index (χ1v) is 5.53. The van der Waals surface area contributed by atoms with E-state index in [0.717, 1.165) is 35.1 Å². The molecule has 1 aliphatic rings. The molecular formula is C11H12BrNO. The fourth-order valence-corrected chi connectivity index (χ4v) is 1.91. The predicted molar refractivity (Wildman–Crippen MR) is 59.4 cm³/mol. The third-order valence-electron chi connectivity index (χ3n) is 2.50. The molecule has 14 heavy (non-hydrogen) atoms. The number of carbonyl (C=O) groups is 1. The van der Waals surface area contributed by atoms with Crippen molar-refractivity contribution in [3.05, 3.63) is 33.8 Å². The maximum Gasteiger partial charge on any atom is 0.255 e. The van der Waals surface area contributed by atoms with Crippen LogP contribution in [0, 0.1) is 6.92 Å². The van der Waals surface area contributed by atoms with Crippen LogP contribution in [0.25, 0.3) is 0 Å². The summed E-state index contributed by atoms with van der Waals surface area (Å²) in [5.74, 6) is 0.145. The van der Waals surface area contributed by atoms with Crippen LogP contribution in [0.2, 0.25) is 0 Å². The van der Waals surface area contributed by atoms with E-state index < -0.39 is 0 Å². The third kappa shape index (κ3) is 1.69. The van der Waals surface area contributed by atoms with Crippen LogP contribution < -0.4 is 0 Å². The normalized spacial score (nSPS) is 15.1. The Bertz CT molecular complexity index is 372. The maximum atomic E-state index is 11.9. The number of likely N-dealkylation sites (tertiary alicyclic amines) is 1. The molecule has 74 valence electrons. The molecule has 0 N–H and O–H groups in total. The van der Waals surface area contributed by atoms with Crippen molar-refractivity contribution in [2.24, 2.45) is 0 Å². The first kappa shape index (κ1) is 9.71. The molecule has 0 spiro atoms. The molecule has 0 radical (unpaired) electrons. The molecule has 1 aliphatic heterocycles. The lowest BCUT2D eigenvalue weighted by Gasteiger charge is -2.31. The molecule has 3 heteroatoms. The number of halogens is 1. The molecule has 0 atom stereocenters. The molecule has 0 saturated carbocycles. The Morgan fingerprint density at radius 2 is 2.14 bits per heavy atom. The Balaban J connectivity index is 2.29. The van der Waals surface area contributed by atoms with Gasteiger partial charge < -0.3 is 4.90 Å². The van der Waals surface area contributed by atoms with E-state index in [2.05, 4.69) is 15.9 Å². The van der Waals surface area contributed by atoms with E-state index >= 15 is 0 Å². The summed E-state index contributed by atoms with van der Waals surface area (Å²) < 4.78 is 0.889. The minimum absolute atomic E-state index is 0.145. The summed E-state index contributed by atoms with van der Waals surface area (Å²) in [5.41, 5.74) is 1.90. The van der Waals surface area contributed by atoms with Crippen molar-refractivity contribution in [1.29, 1.82) is 0 Å². The minimum atomic E-state index is 0.145. The molecule has 1 aromatic carbocycles. The van der Waals surface area contributed by atoms with Crippen LogP contribution in [0.5, 0.6) is 0 Å². The summed E-state index contributed by atoms with van der Waals surface area (Å²) >= 11 is 3.41. The van der Waals surface area contributed by atoms with Crippen molar-refractivity contribution in [3.63, 3.8) is 0 Å². The van der Waals surface area contributed by atoms with Gasteiger partial charge in [-0.15, -0.1) is 0 Å². The Morgan fingerprint density at radius 1 is 1.43 bits per heavy atom. The van der Waals surface area contributed by atoms with Crippen LogP contribution in [0.1, 0.15) is 22.3 Å². The molecule has 0 aliphatic carbocycles. The summed E-state index contributed by atoms with van der Waals surface area (Å²) in [6, 6.07) is 5.87. The zero-order valence-electron chi connectivity index (χ0n) is 8.09. The van der Waals surface area contributed by atoms with E-state index in [0.29, 0.717) is 0 Å². The first-order chi connectivity index (χ1) is 6.68. The average molecular weight is 254 g/mol. The predicted octanol–water partition coefficient (Wildman–Crippen LogP) is 2.60. The SMILES string of the molecule is Cc1ccc(Br)c(C(=O)N2CCC2)c1. The van der Waals surface area contributed by atoms with Crippen molar-refractivity contribution in [3.8, 4) is 0 Å². The lowest BCUT2D eigenvalue weighted by Crippen LogP contribution is -2.42. The van der Waals surface area contributed by atoms with E-state index in [4.69, 9.17) is 0 Å². The molecule has 2 rings (SSSR count). The van der Waals surface area contributed by atoms with Gasteiger partial charge in [0, 0.05) is 17.6 Å². The summed E-state index contributed by atoms with van der Waals surface area (Å²) in [6.07, 6.45) is 1.13. The van der Waals surface area contributed by atoms with Gasteiger partial charge in [0.1, 0.15) is 0 Å². The molecule has 1 aromatic rings. The van der Waals surface area contributed by atoms with E-state index in [1.807, 2.05) is 30.0 Å². The third-order valence-corrected chi connectivity index (χ3v) is 3.19. The number of hydrogen-bond donors (Lipinski definition) is 0. The van der Waals surface area contributed by atoms with Gasteiger partial charge in [0.15, 0.2) is 0 Å². The highest BCUT2D eigenvalue weighted by atomic mass is 79.9. The lowest BCUT2D eigenvalue weighted by molar-refractivity contribution is 0.0651. The monoisotopic (exact) mass is 253 g/mol. The van der Waals surface area contributed by atoms with Gasteiger partial charge in [0.25, 0.3) is 5.91 Å². The Labute approximate surface area is 92.0 Å². The largest absolute Gasteiger partial charge is 0.338 e. The molecule has 1 heterocycles. The molecule has 0 bridgehead atoms. The van der Waals surface area contributed by atoms with E-state index in [-0.39, 0.29) is 5.91 Å². The number of nitrogens with zero attached hydrogens (tertiary/aromatic N) is 1. The fraction of sp³-hybridized carbons (Fsp3) is 0.364. The van der Waals surface area contributed by atoms with Crippen LogP contribution in [-0.4, -0.2) is 23.9 Å². The van der Waals surface area contributed by atoms with Crippen LogP contribution in [0.3, 0.4) is 0 Å². The van der Waals surface area contributed by atoms with Crippen molar-refractivity contribution < 1.29 is 4.79 Å². The fourth-order valence-electron chi connectivity index (χ4n) is 1.49. The van der Waals surface area contributed by atoms with Crippen LogP contribution >= 0.6 is 15.9 Å². The summed E-state index contributed by atoms with van der Waals surface area (Å²) in [7, 11) is 0. The van der Waals surface area contributed by atoms with Gasteiger partial charge in [-0.05, 0) is 41.4 Å². The van der Waals surface area contributed by atoms with Gasteiger partial charge in [0.05, 0.1) is 5.56 Å². The average Bonchev–Trinajstić information content (AvgIpc) is 2.06. The van der Waals surface area contributed by atoms with Gasteiger partial charge in [-0.1, -0.05) is 11.6 Å². The van der Waals surface area contributed by atoms with Gasteiger partial charge in [-0.2, -0.15) is 0 Å². The first-order valence-electron chi connectivity index (χ1n) is 4.74. The van der Waals surface area contributed by atoms with Gasteiger partial charge in [-0.25, -0.2) is 0 Å². The van der Waals surface area contributed by atoms with Crippen molar-refractivity contribution in [2.75, 3.05) is 13.1 Å². The summed E-state index contributed by atoms with van der Waals surface area (Å²) in [4.78, 5) is 13.8.